The molecular formula is C11H14Cl2N2O2. The van der Waals surface area contributed by atoms with Gasteiger partial charge in [-0.3, -0.25) is 4.79 Å². The van der Waals surface area contributed by atoms with Crippen LogP contribution in [0.2, 0.25) is 10.0 Å². The van der Waals surface area contributed by atoms with Gasteiger partial charge in [0.25, 0.3) is 0 Å². The highest BCUT2D eigenvalue weighted by molar-refractivity contribution is 6.39. The molecule has 1 rings (SSSR count). The first kappa shape index (κ1) is 14.3. The molecular weight excluding hydrogens is 263 g/mol. The topological polar surface area (TPSA) is 50.4 Å². The minimum absolute atomic E-state index is 0.185. The Labute approximate surface area is 110 Å². The van der Waals surface area contributed by atoms with E-state index in [4.69, 9.17) is 27.9 Å². The van der Waals surface area contributed by atoms with Crippen molar-refractivity contribution in [2.75, 3.05) is 32.1 Å². The predicted molar refractivity (Wildman–Crippen MR) is 69.8 cm³/mol. The number of nitrogens with one attached hydrogen (secondary N) is 2. The first-order chi connectivity index (χ1) is 8.15. The summed E-state index contributed by atoms with van der Waals surface area (Å²) in [5, 5.41) is 6.41. The minimum atomic E-state index is -0.198. The number of hydrogen-bond acceptors (Lipinski definition) is 3. The molecule has 0 unspecified atom stereocenters. The SMILES string of the molecule is COCCNCC(=O)Nc1c(Cl)cccc1Cl. The van der Waals surface area contributed by atoms with Crippen LogP contribution in [0.25, 0.3) is 0 Å². The van der Waals surface area contributed by atoms with E-state index in [2.05, 4.69) is 10.6 Å². The average Bonchev–Trinajstić information content (AvgIpc) is 2.30. The zero-order chi connectivity index (χ0) is 12.7. The smallest absolute Gasteiger partial charge is 0.238 e. The fourth-order valence-corrected chi connectivity index (χ4v) is 1.67. The van der Waals surface area contributed by atoms with Crippen LogP contribution < -0.4 is 10.6 Å². The standard InChI is InChI=1S/C11H14Cl2N2O2/c1-17-6-5-14-7-10(16)15-11-8(12)3-2-4-9(11)13/h2-4,14H,5-7H2,1H3,(H,15,16). The monoisotopic (exact) mass is 276 g/mol. The van der Waals surface area contributed by atoms with Crippen molar-refractivity contribution in [1.82, 2.24) is 5.32 Å². The summed E-state index contributed by atoms with van der Waals surface area (Å²) in [5.74, 6) is -0.198. The Morgan fingerprint density at radius 2 is 2.00 bits per heavy atom. The van der Waals surface area contributed by atoms with E-state index in [-0.39, 0.29) is 12.5 Å². The van der Waals surface area contributed by atoms with Gasteiger partial charge in [-0.15, -0.1) is 0 Å². The number of ether oxygens (including phenoxy) is 1. The summed E-state index contributed by atoms with van der Waals surface area (Å²) in [6.45, 7) is 1.35. The van der Waals surface area contributed by atoms with Gasteiger partial charge in [0.1, 0.15) is 0 Å². The molecule has 0 spiro atoms. The van der Waals surface area contributed by atoms with E-state index in [0.29, 0.717) is 28.9 Å². The van der Waals surface area contributed by atoms with Crippen LogP contribution in [-0.2, 0) is 9.53 Å². The zero-order valence-electron chi connectivity index (χ0n) is 9.43. The Balaban J connectivity index is 2.45. The lowest BCUT2D eigenvalue weighted by molar-refractivity contribution is -0.115. The maximum absolute atomic E-state index is 11.5. The van der Waals surface area contributed by atoms with Gasteiger partial charge in [-0.05, 0) is 12.1 Å². The molecule has 6 heteroatoms. The van der Waals surface area contributed by atoms with Crippen LogP contribution in [0.3, 0.4) is 0 Å². The summed E-state index contributed by atoms with van der Waals surface area (Å²) in [6.07, 6.45) is 0. The highest BCUT2D eigenvalue weighted by Gasteiger charge is 2.08. The Morgan fingerprint density at radius 3 is 2.59 bits per heavy atom. The van der Waals surface area contributed by atoms with E-state index < -0.39 is 0 Å². The van der Waals surface area contributed by atoms with Crippen LogP contribution in [-0.4, -0.2) is 32.7 Å². The first-order valence-corrected chi connectivity index (χ1v) is 5.84. The maximum atomic E-state index is 11.5. The summed E-state index contributed by atoms with van der Waals surface area (Å²) in [7, 11) is 1.60. The molecule has 4 nitrogen and oxygen atoms in total. The van der Waals surface area contributed by atoms with Gasteiger partial charge in [0.2, 0.25) is 5.91 Å². The average molecular weight is 277 g/mol. The molecule has 0 saturated heterocycles. The fourth-order valence-electron chi connectivity index (χ4n) is 1.18. The molecule has 0 heterocycles. The Bertz CT molecular complexity index is 365. The van der Waals surface area contributed by atoms with Crippen molar-refractivity contribution >= 4 is 34.8 Å². The first-order valence-electron chi connectivity index (χ1n) is 5.08. The summed E-state index contributed by atoms with van der Waals surface area (Å²) < 4.78 is 4.84. The van der Waals surface area contributed by atoms with Crippen molar-refractivity contribution in [2.24, 2.45) is 0 Å². The minimum Gasteiger partial charge on any atom is -0.383 e. The Morgan fingerprint density at radius 1 is 1.35 bits per heavy atom. The van der Waals surface area contributed by atoms with Gasteiger partial charge >= 0.3 is 0 Å². The van der Waals surface area contributed by atoms with Gasteiger partial charge in [0.05, 0.1) is 28.9 Å². The molecule has 17 heavy (non-hydrogen) atoms. The van der Waals surface area contributed by atoms with Gasteiger partial charge in [-0.1, -0.05) is 29.3 Å². The van der Waals surface area contributed by atoms with Crippen molar-refractivity contribution in [3.8, 4) is 0 Å². The second-order valence-corrected chi connectivity index (χ2v) is 4.13. The second kappa shape index (κ2) is 7.50. The second-order valence-electron chi connectivity index (χ2n) is 3.31. The van der Waals surface area contributed by atoms with Gasteiger partial charge in [0, 0.05) is 13.7 Å². The fraction of sp³-hybridized carbons (Fsp3) is 0.364. The van der Waals surface area contributed by atoms with E-state index in [1.165, 1.54) is 0 Å². The molecule has 0 aromatic heterocycles. The lowest BCUT2D eigenvalue weighted by Crippen LogP contribution is -2.30. The van der Waals surface area contributed by atoms with E-state index in [9.17, 15) is 4.79 Å². The molecule has 2 N–H and O–H groups in total. The number of benzene rings is 1. The van der Waals surface area contributed by atoms with Crippen LogP contribution in [0.5, 0.6) is 0 Å². The number of rotatable bonds is 6. The largest absolute Gasteiger partial charge is 0.383 e. The third kappa shape index (κ3) is 4.91. The molecule has 0 saturated carbocycles. The number of anilines is 1. The lowest BCUT2D eigenvalue weighted by Gasteiger charge is -2.09. The number of carbonyl (C=O) groups is 1. The number of carbonyl (C=O) groups excluding carboxylic acids is 1. The Hall–Kier alpha value is -0.810. The molecule has 0 aliphatic carbocycles. The number of para-hydroxylation sites is 1. The quantitative estimate of drug-likeness (QED) is 0.783. The third-order valence-electron chi connectivity index (χ3n) is 2.00. The highest BCUT2D eigenvalue weighted by atomic mass is 35.5. The molecule has 0 aliphatic rings. The molecule has 0 atom stereocenters. The zero-order valence-corrected chi connectivity index (χ0v) is 10.9. The van der Waals surface area contributed by atoms with Crippen LogP contribution in [0.1, 0.15) is 0 Å². The summed E-state index contributed by atoms with van der Waals surface area (Å²) in [6, 6.07) is 5.06. The number of halogens is 2. The summed E-state index contributed by atoms with van der Waals surface area (Å²) in [5.41, 5.74) is 0.439. The van der Waals surface area contributed by atoms with Crippen LogP contribution in [0, 0.1) is 0 Å². The van der Waals surface area contributed by atoms with Crippen molar-refractivity contribution in [3.05, 3.63) is 28.2 Å². The number of hydrogen-bond donors (Lipinski definition) is 2. The third-order valence-corrected chi connectivity index (χ3v) is 2.63. The van der Waals surface area contributed by atoms with E-state index in [1.54, 1.807) is 25.3 Å². The maximum Gasteiger partial charge on any atom is 0.238 e. The predicted octanol–water partition coefficient (Wildman–Crippen LogP) is 2.17. The molecule has 94 valence electrons. The number of methoxy groups -OCH3 is 1. The van der Waals surface area contributed by atoms with Gasteiger partial charge in [0.15, 0.2) is 0 Å². The van der Waals surface area contributed by atoms with Crippen molar-refractivity contribution in [3.63, 3.8) is 0 Å². The van der Waals surface area contributed by atoms with E-state index >= 15 is 0 Å². The molecule has 0 fully saturated rings. The normalized spacial score (nSPS) is 10.3. The number of amides is 1. The molecule has 0 aliphatic heterocycles. The van der Waals surface area contributed by atoms with Crippen molar-refractivity contribution in [1.29, 1.82) is 0 Å². The van der Waals surface area contributed by atoms with E-state index in [0.717, 1.165) is 0 Å². The van der Waals surface area contributed by atoms with Crippen LogP contribution >= 0.6 is 23.2 Å². The van der Waals surface area contributed by atoms with Crippen LogP contribution in [0.15, 0.2) is 18.2 Å². The molecule has 1 amide bonds. The highest BCUT2D eigenvalue weighted by Crippen LogP contribution is 2.29. The van der Waals surface area contributed by atoms with E-state index in [1.807, 2.05) is 0 Å². The van der Waals surface area contributed by atoms with Gasteiger partial charge < -0.3 is 15.4 Å². The molecule has 1 aromatic rings. The Kier molecular flexibility index (Phi) is 6.29. The van der Waals surface area contributed by atoms with Gasteiger partial charge in [-0.25, -0.2) is 0 Å². The molecule has 1 aromatic carbocycles. The van der Waals surface area contributed by atoms with Gasteiger partial charge in [-0.2, -0.15) is 0 Å². The summed E-state index contributed by atoms with van der Waals surface area (Å²) >= 11 is 11.8. The lowest BCUT2D eigenvalue weighted by atomic mass is 10.3. The van der Waals surface area contributed by atoms with Crippen molar-refractivity contribution in [2.45, 2.75) is 0 Å². The summed E-state index contributed by atoms with van der Waals surface area (Å²) in [4.78, 5) is 11.5. The molecule has 0 bridgehead atoms. The van der Waals surface area contributed by atoms with Crippen LogP contribution in [0.4, 0.5) is 5.69 Å². The van der Waals surface area contributed by atoms with Crippen molar-refractivity contribution < 1.29 is 9.53 Å². The molecule has 0 radical (unpaired) electrons.